The standard InChI is InChI=1S/C22H17Cl2NO3/c1-14(21(26)15-5-3-2-4-6-15)28-18-10-8-17(9-11-18)25-22(27)19-12-7-16(23)13-20(19)24/h2-14H,1H3,(H,25,27). The third-order valence-electron chi connectivity index (χ3n) is 4.03. The summed E-state index contributed by atoms with van der Waals surface area (Å²) in [5.41, 5.74) is 1.50. The number of carbonyl (C=O) groups excluding carboxylic acids is 2. The molecule has 1 amide bonds. The van der Waals surface area contributed by atoms with Gasteiger partial charge in [-0.15, -0.1) is 0 Å². The van der Waals surface area contributed by atoms with Crippen LogP contribution in [0.5, 0.6) is 5.75 Å². The molecule has 1 unspecified atom stereocenters. The molecule has 0 aliphatic rings. The molecule has 0 fully saturated rings. The molecular formula is C22H17Cl2NO3. The lowest BCUT2D eigenvalue weighted by atomic mass is 10.1. The van der Waals surface area contributed by atoms with Gasteiger partial charge in [0, 0.05) is 16.3 Å². The number of anilines is 1. The maximum Gasteiger partial charge on any atom is 0.257 e. The van der Waals surface area contributed by atoms with E-state index in [1.54, 1.807) is 55.5 Å². The molecule has 0 saturated carbocycles. The minimum absolute atomic E-state index is 0.102. The second-order valence-corrected chi connectivity index (χ2v) is 6.94. The molecule has 6 heteroatoms. The van der Waals surface area contributed by atoms with Crippen LogP contribution in [0.2, 0.25) is 10.0 Å². The lowest BCUT2D eigenvalue weighted by Gasteiger charge is -2.14. The Morgan fingerprint density at radius 1 is 0.929 bits per heavy atom. The van der Waals surface area contributed by atoms with E-state index in [9.17, 15) is 9.59 Å². The summed E-state index contributed by atoms with van der Waals surface area (Å²) in [6.45, 7) is 1.70. The Bertz CT molecular complexity index is 988. The fraction of sp³-hybridized carbons (Fsp3) is 0.0909. The van der Waals surface area contributed by atoms with Crippen molar-refractivity contribution in [2.24, 2.45) is 0 Å². The Morgan fingerprint density at radius 3 is 2.25 bits per heavy atom. The first-order chi connectivity index (χ1) is 13.4. The van der Waals surface area contributed by atoms with Gasteiger partial charge in [-0.1, -0.05) is 53.5 Å². The Labute approximate surface area is 173 Å². The van der Waals surface area contributed by atoms with Crippen LogP contribution in [0.1, 0.15) is 27.6 Å². The van der Waals surface area contributed by atoms with Crippen LogP contribution >= 0.6 is 23.2 Å². The van der Waals surface area contributed by atoms with Crippen molar-refractivity contribution in [1.29, 1.82) is 0 Å². The third-order valence-corrected chi connectivity index (χ3v) is 4.58. The van der Waals surface area contributed by atoms with Crippen molar-refractivity contribution in [3.05, 3.63) is 94.0 Å². The van der Waals surface area contributed by atoms with E-state index in [0.29, 0.717) is 27.6 Å². The molecule has 4 nitrogen and oxygen atoms in total. The number of hydrogen-bond acceptors (Lipinski definition) is 3. The maximum absolute atomic E-state index is 12.4. The monoisotopic (exact) mass is 413 g/mol. The molecule has 1 N–H and O–H groups in total. The number of carbonyl (C=O) groups is 2. The Kier molecular flexibility index (Phi) is 6.34. The third kappa shape index (κ3) is 4.91. The number of Topliss-reactive ketones (excluding diaryl/α,β-unsaturated/α-hetero) is 1. The second-order valence-electron chi connectivity index (χ2n) is 6.09. The lowest BCUT2D eigenvalue weighted by molar-refractivity contribution is 0.0818. The van der Waals surface area contributed by atoms with Crippen molar-refractivity contribution < 1.29 is 14.3 Å². The molecule has 0 bridgehead atoms. The molecule has 0 aromatic heterocycles. The predicted molar refractivity (Wildman–Crippen MR) is 112 cm³/mol. The number of nitrogens with one attached hydrogen (secondary N) is 1. The van der Waals surface area contributed by atoms with Crippen LogP contribution in [0.25, 0.3) is 0 Å². The number of rotatable bonds is 6. The second kappa shape index (κ2) is 8.91. The summed E-state index contributed by atoms with van der Waals surface area (Å²) >= 11 is 11.9. The van der Waals surface area contributed by atoms with E-state index < -0.39 is 6.10 Å². The van der Waals surface area contributed by atoms with Crippen molar-refractivity contribution in [1.82, 2.24) is 0 Å². The van der Waals surface area contributed by atoms with E-state index in [2.05, 4.69) is 5.32 Å². The van der Waals surface area contributed by atoms with E-state index in [1.165, 1.54) is 6.07 Å². The molecule has 0 saturated heterocycles. The minimum Gasteiger partial charge on any atom is -0.483 e. The molecule has 142 valence electrons. The van der Waals surface area contributed by atoms with Gasteiger partial charge in [-0.25, -0.2) is 0 Å². The molecule has 28 heavy (non-hydrogen) atoms. The topological polar surface area (TPSA) is 55.4 Å². The van der Waals surface area contributed by atoms with Gasteiger partial charge in [-0.05, 0) is 49.4 Å². The van der Waals surface area contributed by atoms with E-state index in [0.717, 1.165) is 0 Å². The maximum atomic E-state index is 12.4. The Morgan fingerprint density at radius 2 is 1.61 bits per heavy atom. The molecule has 0 heterocycles. The van der Waals surface area contributed by atoms with Gasteiger partial charge >= 0.3 is 0 Å². The normalized spacial score (nSPS) is 11.5. The van der Waals surface area contributed by atoms with E-state index >= 15 is 0 Å². The zero-order valence-electron chi connectivity index (χ0n) is 15.0. The first-order valence-corrected chi connectivity index (χ1v) is 9.32. The highest BCUT2D eigenvalue weighted by Gasteiger charge is 2.17. The van der Waals surface area contributed by atoms with E-state index in [1.807, 2.05) is 18.2 Å². The van der Waals surface area contributed by atoms with Crippen LogP contribution in [0, 0.1) is 0 Å². The van der Waals surface area contributed by atoms with Crippen LogP contribution in [-0.2, 0) is 0 Å². The first-order valence-electron chi connectivity index (χ1n) is 8.56. The number of ether oxygens (including phenoxy) is 1. The van der Waals surface area contributed by atoms with E-state index in [-0.39, 0.29) is 16.7 Å². The summed E-state index contributed by atoms with van der Waals surface area (Å²) in [6.07, 6.45) is -0.629. The minimum atomic E-state index is -0.629. The average molecular weight is 414 g/mol. The first kappa shape index (κ1) is 19.9. The number of amides is 1. The smallest absolute Gasteiger partial charge is 0.257 e. The highest BCUT2D eigenvalue weighted by atomic mass is 35.5. The van der Waals surface area contributed by atoms with Gasteiger partial charge in [0.05, 0.1) is 10.6 Å². The summed E-state index contributed by atoms with van der Waals surface area (Å²) in [5, 5.41) is 3.50. The summed E-state index contributed by atoms with van der Waals surface area (Å²) in [4.78, 5) is 24.7. The Balaban J connectivity index is 1.63. The molecule has 0 aliphatic heterocycles. The highest BCUT2D eigenvalue weighted by molar-refractivity contribution is 6.37. The van der Waals surface area contributed by atoms with Crippen LogP contribution in [0.4, 0.5) is 5.69 Å². The number of benzene rings is 3. The number of halogens is 2. The van der Waals surface area contributed by atoms with Crippen molar-refractivity contribution in [3.63, 3.8) is 0 Å². The van der Waals surface area contributed by atoms with Crippen molar-refractivity contribution in [2.45, 2.75) is 13.0 Å². The molecule has 3 rings (SSSR count). The molecule has 0 radical (unpaired) electrons. The molecular weight excluding hydrogens is 397 g/mol. The zero-order valence-corrected chi connectivity index (χ0v) is 16.5. The van der Waals surface area contributed by atoms with Gasteiger partial charge < -0.3 is 10.1 Å². The van der Waals surface area contributed by atoms with Gasteiger partial charge in [0.15, 0.2) is 6.10 Å². The van der Waals surface area contributed by atoms with Crippen LogP contribution < -0.4 is 10.1 Å². The molecule has 0 aliphatic carbocycles. The predicted octanol–water partition coefficient (Wildman–Crippen LogP) is 5.90. The Hall–Kier alpha value is -2.82. The van der Waals surface area contributed by atoms with Crippen molar-refractivity contribution in [2.75, 3.05) is 5.32 Å². The summed E-state index contributed by atoms with van der Waals surface area (Å²) in [7, 11) is 0. The largest absolute Gasteiger partial charge is 0.483 e. The van der Waals surface area contributed by atoms with Gasteiger partial charge in [-0.2, -0.15) is 0 Å². The fourth-order valence-corrected chi connectivity index (χ4v) is 3.08. The van der Waals surface area contributed by atoms with Gasteiger partial charge in [0.1, 0.15) is 5.75 Å². The average Bonchev–Trinajstić information content (AvgIpc) is 2.69. The molecule has 1 atom stereocenters. The zero-order chi connectivity index (χ0) is 20.1. The van der Waals surface area contributed by atoms with Crippen LogP contribution in [-0.4, -0.2) is 17.8 Å². The molecule has 0 spiro atoms. The lowest BCUT2D eigenvalue weighted by Crippen LogP contribution is -2.23. The highest BCUT2D eigenvalue weighted by Crippen LogP contribution is 2.23. The molecule has 3 aromatic carbocycles. The quantitative estimate of drug-likeness (QED) is 0.512. The SMILES string of the molecule is CC(Oc1ccc(NC(=O)c2ccc(Cl)cc2Cl)cc1)C(=O)c1ccccc1. The van der Waals surface area contributed by atoms with Crippen molar-refractivity contribution >= 4 is 40.6 Å². The summed E-state index contributed by atoms with van der Waals surface area (Å²) in [5.74, 6) is 0.0811. The number of ketones is 1. The van der Waals surface area contributed by atoms with Gasteiger partial charge in [0.2, 0.25) is 5.78 Å². The van der Waals surface area contributed by atoms with Gasteiger partial charge in [-0.3, -0.25) is 9.59 Å². The number of hydrogen-bond donors (Lipinski definition) is 1. The van der Waals surface area contributed by atoms with Gasteiger partial charge in [0.25, 0.3) is 5.91 Å². The summed E-state index contributed by atoms with van der Waals surface area (Å²) < 4.78 is 5.71. The van der Waals surface area contributed by atoms with E-state index in [4.69, 9.17) is 27.9 Å². The summed E-state index contributed by atoms with van der Waals surface area (Å²) in [6, 6.07) is 20.4. The van der Waals surface area contributed by atoms with Crippen molar-refractivity contribution in [3.8, 4) is 5.75 Å². The van der Waals surface area contributed by atoms with Crippen LogP contribution in [0.15, 0.2) is 72.8 Å². The van der Waals surface area contributed by atoms with Crippen LogP contribution in [0.3, 0.4) is 0 Å². The fourth-order valence-electron chi connectivity index (χ4n) is 2.58. The molecule has 3 aromatic rings.